The Hall–Kier alpha value is -1.21. The Bertz CT molecular complexity index is 619. The molecule has 0 aliphatic rings. The molecule has 1 aromatic carbocycles. The summed E-state index contributed by atoms with van der Waals surface area (Å²) >= 11 is 8.12. The van der Waals surface area contributed by atoms with Crippen LogP contribution in [0, 0.1) is 3.57 Å². The van der Waals surface area contributed by atoms with E-state index >= 15 is 0 Å². The van der Waals surface area contributed by atoms with Gasteiger partial charge in [-0.3, -0.25) is 0 Å². The van der Waals surface area contributed by atoms with Crippen LogP contribution in [-0.4, -0.2) is 22.5 Å². The van der Waals surface area contributed by atoms with Gasteiger partial charge < -0.3 is 4.74 Å². The molecule has 6 heteroatoms. The minimum atomic E-state index is -0.540. The molecule has 0 fully saturated rings. The van der Waals surface area contributed by atoms with E-state index in [2.05, 4.69) is 32.6 Å². The second kappa shape index (κ2) is 6.29. The Morgan fingerprint density at radius 3 is 2.95 bits per heavy atom. The summed E-state index contributed by atoms with van der Waals surface area (Å²) in [6.45, 7) is 2.01. The maximum atomic E-state index is 11.7. The summed E-state index contributed by atoms with van der Waals surface area (Å²) < 4.78 is 5.97. The second-order valence-electron chi connectivity index (χ2n) is 3.62. The van der Waals surface area contributed by atoms with Crippen molar-refractivity contribution >= 4 is 40.2 Å². The van der Waals surface area contributed by atoms with Crippen LogP contribution in [-0.2, 0) is 4.74 Å². The molecule has 0 amide bonds. The summed E-state index contributed by atoms with van der Waals surface area (Å²) in [5.41, 5.74) is 0.918. The standard InChI is InChI=1S/C13H10ClIN2O2/c1-2-19-13(18)11-10(14)7-16-12(17-11)8-4-3-5-9(15)6-8/h3-7H,2H2,1H3. The fourth-order valence-corrected chi connectivity index (χ4v) is 2.19. The van der Waals surface area contributed by atoms with Crippen molar-refractivity contribution in [3.8, 4) is 11.4 Å². The Morgan fingerprint density at radius 1 is 1.47 bits per heavy atom. The maximum absolute atomic E-state index is 11.7. The van der Waals surface area contributed by atoms with Crippen LogP contribution in [0.1, 0.15) is 17.4 Å². The minimum absolute atomic E-state index is 0.0902. The molecular formula is C13H10ClIN2O2. The fourth-order valence-electron chi connectivity index (χ4n) is 1.48. The fraction of sp³-hybridized carbons (Fsp3) is 0.154. The zero-order valence-corrected chi connectivity index (χ0v) is 13.0. The first kappa shape index (κ1) is 14.2. The average molecular weight is 389 g/mol. The molecule has 0 unspecified atom stereocenters. The molecule has 4 nitrogen and oxygen atoms in total. The normalized spacial score (nSPS) is 10.3. The van der Waals surface area contributed by atoms with Crippen LogP contribution in [0.3, 0.4) is 0 Å². The molecule has 0 saturated heterocycles. The number of hydrogen-bond acceptors (Lipinski definition) is 4. The molecule has 0 aliphatic carbocycles. The lowest BCUT2D eigenvalue weighted by molar-refractivity contribution is 0.0519. The van der Waals surface area contributed by atoms with E-state index in [9.17, 15) is 4.79 Å². The van der Waals surface area contributed by atoms with Gasteiger partial charge in [0.2, 0.25) is 0 Å². The molecule has 2 rings (SSSR count). The van der Waals surface area contributed by atoms with Crippen LogP contribution >= 0.6 is 34.2 Å². The Balaban J connectivity index is 2.44. The molecule has 0 spiro atoms. The van der Waals surface area contributed by atoms with Gasteiger partial charge in [0, 0.05) is 9.13 Å². The number of carbonyl (C=O) groups is 1. The molecule has 0 saturated carbocycles. The SMILES string of the molecule is CCOC(=O)c1nc(-c2cccc(I)c2)ncc1Cl. The highest BCUT2D eigenvalue weighted by atomic mass is 127. The molecule has 1 aromatic heterocycles. The summed E-state index contributed by atoms with van der Waals surface area (Å²) in [7, 11) is 0. The molecule has 0 N–H and O–H groups in total. The smallest absolute Gasteiger partial charge is 0.358 e. The lowest BCUT2D eigenvalue weighted by atomic mass is 10.2. The molecule has 0 bridgehead atoms. The number of nitrogens with zero attached hydrogens (tertiary/aromatic N) is 2. The molecular weight excluding hydrogens is 379 g/mol. The van der Waals surface area contributed by atoms with Gasteiger partial charge in [0.1, 0.15) is 0 Å². The van der Waals surface area contributed by atoms with Crippen molar-refractivity contribution in [2.24, 2.45) is 0 Å². The molecule has 0 aliphatic heterocycles. The van der Waals surface area contributed by atoms with E-state index in [0.717, 1.165) is 9.13 Å². The third kappa shape index (κ3) is 3.42. The number of carbonyl (C=O) groups excluding carboxylic acids is 1. The second-order valence-corrected chi connectivity index (χ2v) is 5.27. The van der Waals surface area contributed by atoms with Crippen LogP contribution in [0.4, 0.5) is 0 Å². The molecule has 1 heterocycles. The van der Waals surface area contributed by atoms with E-state index in [4.69, 9.17) is 16.3 Å². The number of rotatable bonds is 3. The van der Waals surface area contributed by atoms with Gasteiger partial charge in [0.15, 0.2) is 11.5 Å². The third-order valence-corrected chi connectivity index (χ3v) is 3.24. The first-order valence-corrected chi connectivity index (χ1v) is 7.03. The number of hydrogen-bond donors (Lipinski definition) is 0. The number of aromatic nitrogens is 2. The van der Waals surface area contributed by atoms with Gasteiger partial charge >= 0.3 is 5.97 Å². The monoisotopic (exact) mass is 388 g/mol. The van der Waals surface area contributed by atoms with Crippen LogP contribution in [0.25, 0.3) is 11.4 Å². The zero-order valence-electron chi connectivity index (χ0n) is 10.1. The van der Waals surface area contributed by atoms with Crippen molar-refractivity contribution in [2.75, 3.05) is 6.61 Å². The summed E-state index contributed by atoms with van der Waals surface area (Å²) in [5, 5.41) is 0.188. The maximum Gasteiger partial charge on any atom is 0.358 e. The highest BCUT2D eigenvalue weighted by molar-refractivity contribution is 14.1. The summed E-state index contributed by atoms with van der Waals surface area (Å²) in [4.78, 5) is 20.0. The predicted molar refractivity (Wildman–Crippen MR) is 81.2 cm³/mol. The molecule has 0 radical (unpaired) electrons. The number of benzene rings is 1. The lowest BCUT2D eigenvalue weighted by Gasteiger charge is -2.06. The van der Waals surface area contributed by atoms with Crippen molar-refractivity contribution in [1.29, 1.82) is 0 Å². The van der Waals surface area contributed by atoms with Gasteiger partial charge in [0.05, 0.1) is 17.8 Å². The van der Waals surface area contributed by atoms with Gasteiger partial charge in [-0.25, -0.2) is 14.8 Å². The van der Waals surface area contributed by atoms with Crippen molar-refractivity contribution in [3.63, 3.8) is 0 Å². The van der Waals surface area contributed by atoms with Gasteiger partial charge in [-0.15, -0.1) is 0 Å². The predicted octanol–water partition coefficient (Wildman–Crippen LogP) is 3.58. The third-order valence-electron chi connectivity index (χ3n) is 2.30. The van der Waals surface area contributed by atoms with Gasteiger partial charge in [0.25, 0.3) is 0 Å². The van der Waals surface area contributed by atoms with Crippen molar-refractivity contribution in [1.82, 2.24) is 9.97 Å². The van der Waals surface area contributed by atoms with Gasteiger partial charge in [-0.2, -0.15) is 0 Å². The molecule has 0 atom stereocenters. The summed E-state index contributed by atoms with van der Waals surface area (Å²) in [5.74, 6) is -0.0900. The van der Waals surface area contributed by atoms with Crippen LogP contribution < -0.4 is 0 Å². The molecule has 19 heavy (non-hydrogen) atoms. The molecule has 98 valence electrons. The molecule has 2 aromatic rings. The van der Waals surface area contributed by atoms with Gasteiger partial charge in [-0.1, -0.05) is 23.7 Å². The lowest BCUT2D eigenvalue weighted by Crippen LogP contribution is -2.09. The highest BCUT2D eigenvalue weighted by Crippen LogP contribution is 2.21. The van der Waals surface area contributed by atoms with E-state index in [-0.39, 0.29) is 17.3 Å². The van der Waals surface area contributed by atoms with E-state index in [1.807, 2.05) is 24.3 Å². The Labute approximate surface area is 129 Å². The first-order valence-electron chi connectivity index (χ1n) is 5.57. The highest BCUT2D eigenvalue weighted by Gasteiger charge is 2.15. The van der Waals surface area contributed by atoms with Crippen molar-refractivity contribution in [3.05, 3.63) is 44.7 Å². The number of ether oxygens (including phenoxy) is 1. The van der Waals surface area contributed by atoms with Crippen molar-refractivity contribution in [2.45, 2.75) is 6.92 Å². The minimum Gasteiger partial charge on any atom is -0.461 e. The largest absolute Gasteiger partial charge is 0.461 e. The van der Waals surface area contributed by atoms with E-state index in [1.165, 1.54) is 6.20 Å². The quantitative estimate of drug-likeness (QED) is 0.596. The summed E-state index contributed by atoms with van der Waals surface area (Å²) in [6.07, 6.45) is 1.41. The van der Waals surface area contributed by atoms with E-state index in [0.29, 0.717) is 5.82 Å². The number of esters is 1. The van der Waals surface area contributed by atoms with Gasteiger partial charge in [-0.05, 0) is 41.6 Å². The topological polar surface area (TPSA) is 52.1 Å². The van der Waals surface area contributed by atoms with Crippen LogP contribution in [0.2, 0.25) is 5.02 Å². The first-order chi connectivity index (χ1) is 9.11. The summed E-state index contributed by atoms with van der Waals surface area (Å²) in [6, 6.07) is 7.67. The van der Waals surface area contributed by atoms with Crippen molar-refractivity contribution < 1.29 is 9.53 Å². The van der Waals surface area contributed by atoms with Crippen LogP contribution in [0.5, 0.6) is 0 Å². The van der Waals surface area contributed by atoms with E-state index in [1.54, 1.807) is 6.92 Å². The van der Waals surface area contributed by atoms with Crippen LogP contribution in [0.15, 0.2) is 30.5 Å². The Morgan fingerprint density at radius 2 is 2.26 bits per heavy atom. The number of halogens is 2. The average Bonchev–Trinajstić information content (AvgIpc) is 2.39. The Kier molecular flexibility index (Phi) is 4.71. The van der Waals surface area contributed by atoms with E-state index < -0.39 is 5.97 Å². The zero-order chi connectivity index (χ0) is 13.8.